The van der Waals surface area contributed by atoms with Crippen molar-refractivity contribution in [1.29, 1.82) is 0 Å². The van der Waals surface area contributed by atoms with Crippen LogP contribution in [0.2, 0.25) is 0 Å². The zero-order chi connectivity index (χ0) is 22.3. The van der Waals surface area contributed by atoms with Gasteiger partial charge in [0.2, 0.25) is 0 Å². The fourth-order valence-electron chi connectivity index (χ4n) is 3.67. The van der Waals surface area contributed by atoms with E-state index >= 15 is 0 Å². The van der Waals surface area contributed by atoms with E-state index in [1.54, 1.807) is 11.3 Å². The van der Waals surface area contributed by atoms with Crippen LogP contribution in [0, 0.1) is 0 Å². The summed E-state index contributed by atoms with van der Waals surface area (Å²) in [6.07, 6.45) is 0. The van der Waals surface area contributed by atoms with Gasteiger partial charge in [-0.1, -0.05) is 24.3 Å². The molecule has 5 nitrogen and oxygen atoms in total. The van der Waals surface area contributed by atoms with E-state index in [0.717, 1.165) is 28.8 Å². The smallest absolute Gasteiger partial charge is 0.255 e. The van der Waals surface area contributed by atoms with E-state index in [9.17, 15) is 4.79 Å². The van der Waals surface area contributed by atoms with Gasteiger partial charge in [0.15, 0.2) is 0 Å². The monoisotopic (exact) mass is 448 g/mol. The molecule has 2 heterocycles. The van der Waals surface area contributed by atoms with Crippen LogP contribution in [0.5, 0.6) is 11.5 Å². The third-order valence-corrected chi connectivity index (χ3v) is 6.24. The Hall–Kier alpha value is -2.93. The molecule has 4 aromatic rings. The number of aromatic nitrogens is 1. The molecule has 0 spiro atoms. The number of pyridine rings is 1. The van der Waals surface area contributed by atoms with E-state index in [-0.39, 0.29) is 11.6 Å². The summed E-state index contributed by atoms with van der Waals surface area (Å²) in [4.78, 5) is 14.7. The minimum Gasteiger partial charge on any atom is -0.457 e. The molecule has 0 aliphatic heterocycles. The largest absolute Gasteiger partial charge is 0.457 e. The Labute approximate surface area is 192 Å². The highest BCUT2D eigenvalue weighted by Crippen LogP contribution is 2.26. The third-order valence-electron chi connectivity index (χ3n) is 5.37. The van der Waals surface area contributed by atoms with Crippen molar-refractivity contribution in [3.05, 3.63) is 92.9 Å². The summed E-state index contributed by atoms with van der Waals surface area (Å²) in [5, 5.41) is 6.55. The number of benzene rings is 2. The standard InChI is InChI=1S/C26H28N2O3S/c1-3-30-14-13-28-25-17-22(31-21-8-5-4-6-9-21)12-11-20(25)16-24(26(28)29)19(2)27-18-23-10-7-15-32-23/h4-12,15-17,19,27H,3,13-14,18H2,1-2H3. The van der Waals surface area contributed by atoms with Gasteiger partial charge in [-0.3, -0.25) is 4.79 Å². The molecule has 0 aliphatic carbocycles. The highest BCUT2D eigenvalue weighted by Gasteiger charge is 2.16. The van der Waals surface area contributed by atoms with E-state index < -0.39 is 0 Å². The van der Waals surface area contributed by atoms with Crippen molar-refractivity contribution in [2.24, 2.45) is 0 Å². The lowest BCUT2D eigenvalue weighted by Crippen LogP contribution is -2.31. The van der Waals surface area contributed by atoms with Crippen molar-refractivity contribution < 1.29 is 9.47 Å². The predicted octanol–water partition coefficient (Wildman–Crippen LogP) is 5.74. The van der Waals surface area contributed by atoms with Gasteiger partial charge in [0.05, 0.1) is 12.1 Å². The summed E-state index contributed by atoms with van der Waals surface area (Å²) in [7, 11) is 0. The topological polar surface area (TPSA) is 52.5 Å². The lowest BCUT2D eigenvalue weighted by atomic mass is 10.1. The maximum atomic E-state index is 13.5. The molecule has 6 heteroatoms. The fraction of sp³-hybridized carbons (Fsp3) is 0.269. The molecule has 0 bridgehead atoms. The molecule has 32 heavy (non-hydrogen) atoms. The van der Waals surface area contributed by atoms with Crippen LogP contribution in [0.15, 0.2) is 76.9 Å². The van der Waals surface area contributed by atoms with Crippen LogP contribution < -0.4 is 15.6 Å². The zero-order valence-electron chi connectivity index (χ0n) is 18.4. The highest BCUT2D eigenvalue weighted by molar-refractivity contribution is 7.09. The van der Waals surface area contributed by atoms with Gasteiger partial charge in [-0.05, 0) is 61.0 Å². The predicted molar refractivity (Wildman–Crippen MR) is 131 cm³/mol. The molecule has 166 valence electrons. The van der Waals surface area contributed by atoms with Gasteiger partial charge in [0, 0.05) is 42.2 Å². The van der Waals surface area contributed by atoms with Crippen LogP contribution >= 0.6 is 11.3 Å². The second-order valence-electron chi connectivity index (χ2n) is 7.57. The first kappa shape index (κ1) is 22.3. The first-order valence-corrected chi connectivity index (χ1v) is 11.8. The quantitative estimate of drug-likeness (QED) is 0.314. The Morgan fingerprint density at radius 3 is 2.62 bits per heavy atom. The number of rotatable bonds is 10. The van der Waals surface area contributed by atoms with E-state index in [1.807, 2.05) is 79.1 Å². The summed E-state index contributed by atoms with van der Waals surface area (Å²) < 4.78 is 13.4. The highest BCUT2D eigenvalue weighted by atomic mass is 32.1. The van der Waals surface area contributed by atoms with Crippen LogP contribution in [0.25, 0.3) is 10.9 Å². The molecule has 0 saturated heterocycles. The summed E-state index contributed by atoms with van der Waals surface area (Å²) in [5.74, 6) is 1.46. The maximum absolute atomic E-state index is 13.5. The molecule has 2 aromatic heterocycles. The van der Waals surface area contributed by atoms with Gasteiger partial charge >= 0.3 is 0 Å². The number of nitrogens with one attached hydrogen (secondary N) is 1. The van der Waals surface area contributed by atoms with E-state index in [2.05, 4.69) is 16.8 Å². The Morgan fingerprint density at radius 2 is 1.88 bits per heavy atom. The van der Waals surface area contributed by atoms with Crippen LogP contribution in [-0.2, 0) is 17.8 Å². The molecule has 0 saturated carbocycles. The normalized spacial score (nSPS) is 12.2. The van der Waals surface area contributed by atoms with Crippen LogP contribution in [-0.4, -0.2) is 17.8 Å². The van der Waals surface area contributed by atoms with Crippen LogP contribution in [0.3, 0.4) is 0 Å². The Kier molecular flexibility index (Phi) is 7.37. The van der Waals surface area contributed by atoms with E-state index in [1.165, 1.54) is 4.88 Å². The number of fused-ring (bicyclic) bond motifs is 1. The van der Waals surface area contributed by atoms with Crippen molar-refractivity contribution in [3.63, 3.8) is 0 Å². The average Bonchev–Trinajstić information content (AvgIpc) is 3.33. The van der Waals surface area contributed by atoms with Gasteiger partial charge in [-0.2, -0.15) is 0 Å². The SMILES string of the molecule is CCOCCn1c(=O)c(C(C)NCc2cccs2)cc2ccc(Oc3ccccc3)cc21. The second-order valence-corrected chi connectivity index (χ2v) is 8.60. The minimum absolute atomic E-state index is 0.000226. The number of nitrogens with zero attached hydrogens (tertiary/aromatic N) is 1. The number of hydrogen-bond acceptors (Lipinski definition) is 5. The summed E-state index contributed by atoms with van der Waals surface area (Å²) in [6.45, 7) is 6.32. The van der Waals surface area contributed by atoms with Gasteiger partial charge in [0.1, 0.15) is 11.5 Å². The molecule has 0 aliphatic rings. The first-order chi connectivity index (χ1) is 15.7. The van der Waals surface area contributed by atoms with Gasteiger partial charge < -0.3 is 19.4 Å². The van der Waals surface area contributed by atoms with Crippen molar-refractivity contribution in [2.45, 2.75) is 33.0 Å². The molecule has 1 unspecified atom stereocenters. The molecule has 1 atom stereocenters. The summed E-state index contributed by atoms with van der Waals surface area (Å²) in [6, 6.07) is 21.6. The first-order valence-electron chi connectivity index (χ1n) is 10.9. The summed E-state index contributed by atoms with van der Waals surface area (Å²) in [5.41, 5.74) is 1.60. The van der Waals surface area contributed by atoms with Gasteiger partial charge in [-0.25, -0.2) is 0 Å². The third kappa shape index (κ3) is 5.27. The Balaban J connectivity index is 1.68. The molecule has 2 aromatic carbocycles. The fourth-order valence-corrected chi connectivity index (χ4v) is 4.33. The Bertz CT molecular complexity index is 1200. The molecule has 1 N–H and O–H groups in total. The number of para-hydroxylation sites is 1. The number of ether oxygens (including phenoxy) is 2. The molecule has 0 fully saturated rings. The van der Waals surface area contributed by atoms with Crippen molar-refractivity contribution in [3.8, 4) is 11.5 Å². The lowest BCUT2D eigenvalue weighted by Gasteiger charge is -2.18. The molecule has 0 radical (unpaired) electrons. The van der Waals surface area contributed by atoms with Gasteiger partial charge in [0.25, 0.3) is 5.56 Å². The average molecular weight is 449 g/mol. The molecule has 0 amide bonds. The minimum atomic E-state index is -0.0763. The molecular formula is C26H28N2O3S. The lowest BCUT2D eigenvalue weighted by molar-refractivity contribution is 0.139. The van der Waals surface area contributed by atoms with Crippen molar-refractivity contribution >= 4 is 22.2 Å². The summed E-state index contributed by atoms with van der Waals surface area (Å²) >= 11 is 1.71. The van der Waals surface area contributed by atoms with Crippen LogP contribution in [0.1, 0.15) is 30.3 Å². The van der Waals surface area contributed by atoms with Crippen molar-refractivity contribution in [2.75, 3.05) is 13.2 Å². The number of hydrogen-bond donors (Lipinski definition) is 1. The zero-order valence-corrected chi connectivity index (χ0v) is 19.2. The van der Waals surface area contributed by atoms with Crippen LogP contribution in [0.4, 0.5) is 0 Å². The second kappa shape index (κ2) is 10.6. The van der Waals surface area contributed by atoms with E-state index in [0.29, 0.717) is 25.5 Å². The number of thiophene rings is 1. The van der Waals surface area contributed by atoms with Crippen molar-refractivity contribution in [1.82, 2.24) is 9.88 Å². The molecular weight excluding hydrogens is 420 g/mol. The van der Waals surface area contributed by atoms with E-state index in [4.69, 9.17) is 9.47 Å². The molecule has 4 rings (SSSR count). The maximum Gasteiger partial charge on any atom is 0.255 e. The van der Waals surface area contributed by atoms with Gasteiger partial charge in [-0.15, -0.1) is 11.3 Å². The Morgan fingerprint density at radius 1 is 1.03 bits per heavy atom.